The van der Waals surface area contributed by atoms with E-state index in [0.717, 1.165) is 5.69 Å². The fourth-order valence-corrected chi connectivity index (χ4v) is 1.52. The highest BCUT2D eigenvalue weighted by Crippen LogP contribution is 2.26. The summed E-state index contributed by atoms with van der Waals surface area (Å²) in [5.74, 6) is 2.16. The molecule has 2 aromatic rings. The molecule has 2 N–H and O–H groups in total. The van der Waals surface area contributed by atoms with Gasteiger partial charge in [-0.05, 0) is 19.1 Å². The molecule has 0 aliphatic rings. The van der Waals surface area contributed by atoms with Crippen molar-refractivity contribution in [1.82, 2.24) is 15.0 Å². The van der Waals surface area contributed by atoms with Gasteiger partial charge in [0.15, 0.2) is 5.75 Å². The number of hydrogen-bond donors (Lipinski definition) is 1. The summed E-state index contributed by atoms with van der Waals surface area (Å²) in [4.78, 5) is 12.8. The summed E-state index contributed by atoms with van der Waals surface area (Å²) in [5.41, 5.74) is 6.42. The van der Waals surface area contributed by atoms with Crippen LogP contribution in [0.1, 0.15) is 32.3 Å². The number of nitrogen functional groups attached to an aromatic ring is 1. The van der Waals surface area contributed by atoms with E-state index in [1.165, 1.54) is 0 Å². The zero-order valence-corrected chi connectivity index (χ0v) is 11.6. The van der Waals surface area contributed by atoms with Crippen molar-refractivity contribution < 1.29 is 4.74 Å². The zero-order valence-electron chi connectivity index (χ0n) is 11.6. The monoisotopic (exact) mass is 258 g/mol. The van der Waals surface area contributed by atoms with Crippen LogP contribution < -0.4 is 10.5 Å². The lowest BCUT2D eigenvalue weighted by molar-refractivity contribution is 0.441. The second-order valence-corrected chi connectivity index (χ2v) is 5.39. The minimum atomic E-state index is -0.183. The van der Waals surface area contributed by atoms with Gasteiger partial charge in [0.1, 0.15) is 11.6 Å². The van der Waals surface area contributed by atoms with Crippen molar-refractivity contribution in [2.45, 2.75) is 33.1 Å². The number of rotatable bonds is 2. The minimum absolute atomic E-state index is 0.183. The Kier molecular flexibility index (Phi) is 3.38. The third kappa shape index (κ3) is 3.19. The van der Waals surface area contributed by atoms with E-state index >= 15 is 0 Å². The van der Waals surface area contributed by atoms with E-state index in [-0.39, 0.29) is 5.41 Å². The minimum Gasteiger partial charge on any atom is -0.437 e. The Balaban J connectivity index is 2.36. The largest absolute Gasteiger partial charge is 0.437 e. The molecule has 2 heterocycles. The van der Waals surface area contributed by atoms with Crippen molar-refractivity contribution >= 4 is 5.82 Å². The number of pyridine rings is 1. The summed E-state index contributed by atoms with van der Waals surface area (Å²) in [6.45, 7) is 7.97. The third-order valence-corrected chi connectivity index (χ3v) is 2.57. The Morgan fingerprint density at radius 3 is 2.58 bits per heavy atom. The van der Waals surface area contributed by atoms with E-state index in [9.17, 15) is 0 Å². The van der Waals surface area contributed by atoms with E-state index in [2.05, 4.69) is 15.0 Å². The number of anilines is 1. The van der Waals surface area contributed by atoms with Gasteiger partial charge in [-0.1, -0.05) is 20.8 Å². The van der Waals surface area contributed by atoms with Crippen LogP contribution in [0.2, 0.25) is 0 Å². The van der Waals surface area contributed by atoms with Crippen LogP contribution in [0.25, 0.3) is 0 Å². The number of aromatic nitrogens is 3. The van der Waals surface area contributed by atoms with Gasteiger partial charge < -0.3 is 10.5 Å². The second-order valence-electron chi connectivity index (χ2n) is 5.39. The van der Waals surface area contributed by atoms with Gasteiger partial charge in [0.2, 0.25) is 5.88 Å². The van der Waals surface area contributed by atoms with Crippen LogP contribution in [0, 0.1) is 6.92 Å². The van der Waals surface area contributed by atoms with Crippen molar-refractivity contribution in [3.8, 4) is 11.6 Å². The average Bonchev–Trinajstić information content (AvgIpc) is 2.30. The summed E-state index contributed by atoms with van der Waals surface area (Å²) in [7, 11) is 0. The lowest BCUT2D eigenvalue weighted by Crippen LogP contribution is -2.17. The number of ether oxygens (including phenoxy) is 1. The first-order valence-electron chi connectivity index (χ1n) is 6.11. The molecule has 2 aromatic heterocycles. The molecule has 0 aliphatic carbocycles. The lowest BCUT2D eigenvalue weighted by Gasteiger charge is -2.17. The molecule has 100 valence electrons. The molecule has 0 atom stereocenters. The molecule has 0 radical (unpaired) electrons. The Hall–Kier alpha value is -2.17. The molecular weight excluding hydrogens is 240 g/mol. The molecule has 0 spiro atoms. The summed E-state index contributed by atoms with van der Waals surface area (Å²) in [5, 5.41) is 0. The van der Waals surface area contributed by atoms with Gasteiger partial charge in [0, 0.05) is 17.7 Å². The third-order valence-electron chi connectivity index (χ3n) is 2.57. The van der Waals surface area contributed by atoms with E-state index < -0.39 is 0 Å². The van der Waals surface area contributed by atoms with E-state index in [0.29, 0.717) is 23.3 Å². The molecule has 0 aromatic carbocycles. The molecule has 0 bridgehead atoms. The maximum atomic E-state index is 5.80. The van der Waals surface area contributed by atoms with E-state index in [1.807, 2.05) is 39.8 Å². The van der Waals surface area contributed by atoms with Crippen LogP contribution in [0.3, 0.4) is 0 Å². The van der Waals surface area contributed by atoms with Gasteiger partial charge in [-0.3, -0.25) is 4.98 Å². The predicted octanol–water partition coefficient (Wildman–Crippen LogP) is 2.85. The normalized spacial score (nSPS) is 11.4. The molecule has 5 heteroatoms. The summed E-state index contributed by atoms with van der Waals surface area (Å²) >= 11 is 0. The van der Waals surface area contributed by atoms with Crippen LogP contribution >= 0.6 is 0 Å². The first-order valence-corrected chi connectivity index (χ1v) is 6.11. The first-order chi connectivity index (χ1) is 8.86. The maximum Gasteiger partial charge on any atom is 0.224 e. The van der Waals surface area contributed by atoms with Crippen molar-refractivity contribution in [3.05, 3.63) is 35.9 Å². The van der Waals surface area contributed by atoms with E-state index in [4.69, 9.17) is 10.5 Å². The number of hydrogen-bond acceptors (Lipinski definition) is 5. The molecule has 0 aliphatic heterocycles. The Morgan fingerprint density at radius 2 is 1.95 bits per heavy atom. The second kappa shape index (κ2) is 4.84. The highest BCUT2D eigenvalue weighted by Gasteiger charge is 2.19. The summed E-state index contributed by atoms with van der Waals surface area (Å²) in [6.07, 6.45) is 1.72. The standard InChI is InChI=1S/C14H18N4O/c1-9-10(6-5-7-16-9)19-12-8-11(15)17-13(18-12)14(2,3)4/h5-8H,1-4H3,(H2,15,17,18). The van der Waals surface area contributed by atoms with Gasteiger partial charge in [-0.15, -0.1) is 0 Å². The molecule has 2 rings (SSSR count). The maximum absolute atomic E-state index is 5.80. The van der Waals surface area contributed by atoms with Gasteiger partial charge >= 0.3 is 0 Å². The number of nitrogens with zero attached hydrogens (tertiary/aromatic N) is 3. The number of aryl methyl sites for hydroxylation is 1. The van der Waals surface area contributed by atoms with Crippen LogP contribution in [-0.4, -0.2) is 15.0 Å². The molecule has 0 saturated heterocycles. The highest BCUT2D eigenvalue weighted by atomic mass is 16.5. The van der Waals surface area contributed by atoms with Crippen LogP contribution in [0.4, 0.5) is 5.82 Å². The average molecular weight is 258 g/mol. The topological polar surface area (TPSA) is 73.9 Å². The van der Waals surface area contributed by atoms with Crippen molar-refractivity contribution in [1.29, 1.82) is 0 Å². The van der Waals surface area contributed by atoms with Gasteiger partial charge in [-0.25, -0.2) is 4.98 Å². The molecule has 0 amide bonds. The predicted molar refractivity (Wildman–Crippen MR) is 74.2 cm³/mol. The van der Waals surface area contributed by atoms with Gasteiger partial charge in [0.25, 0.3) is 0 Å². The zero-order chi connectivity index (χ0) is 14.0. The first kappa shape index (κ1) is 13.3. The molecular formula is C14H18N4O. The molecule has 0 fully saturated rings. The van der Waals surface area contributed by atoms with Gasteiger partial charge in [-0.2, -0.15) is 4.98 Å². The van der Waals surface area contributed by atoms with Crippen molar-refractivity contribution in [2.75, 3.05) is 5.73 Å². The highest BCUT2D eigenvalue weighted by molar-refractivity contribution is 5.37. The fraction of sp³-hybridized carbons (Fsp3) is 0.357. The molecule has 19 heavy (non-hydrogen) atoms. The van der Waals surface area contributed by atoms with Crippen molar-refractivity contribution in [2.24, 2.45) is 0 Å². The molecule has 0 saturated carbocycles. The quantitative estimate of drug-likeness (QED) is 0.896. The summed E-state index contributed by atoms with van der Waals surface area (Å²) in [6, 6.07) is 5.27. The summed E-state index contributed by atoms with van der Waals surface area (Å²) < 4.78 is 5.73. The Bertz CT molecular complexity index is 590. The van der Waals surface area contributed by atoms with Crippen LogP contribution in [0.15, 0.2) is 24.4 Å². The number of nitrogens with two attached hydrogens (primary N) is 1. The Labute approximate surface area is 112 Å². The van der Waals surface area contributed by atoms with Crippen LogP contribution in [-0.2, 0) is 5.41 Å². The fourth-order valence-electron chi connectivity index (χ4n) is 1.52. The SMILES string of the molecule is Cc1ncccc1Oc1cc(N)nc(C(C)(C)C)n1. The molecule has 5 nitrogen and oxygen atoms in total. The Morgan fingerprint density at radius 1 is 1.21 bits per heavy atom. The smallest absolute Gasteiger partial charge is 0.224 e. The lowest BCUT2D eigenvalue weighted by atomic mass is 9.96. The van der Waals surface area contributed by atoms with Gasteiger partial charge in [0.05, 0.1) is 5.69 Å². The van der Waals surface area contributed by atoms with Crippen LogP contribution in [0.5, 0.6) is 11.6 Å². The van der Waals surface area contributed by atoms with Crippen molar-refractivity contribution in [3.63, 3.8) is 0 Å². The molecule has 0 unspecified atom stereocenters. The van der Waals surface area contributed by atoms with E-state index in [1.54, 1.807) is 12.3 Å².